The number of rotatable bonds is 1. The Morgan fingerprint density at radius 1 is 1.90 bits per heavy atom. The minimum Gasteiger partial charge on any atom is -0.351 e. The second-order valence-electron chi connectivity index (χ2n) is 1.35. The van der Waals surface area contributed by atoms with Gasteiger partial charge in [0.25, 0.3) is 0 Å². The van der Waals surface area contributed by atoms with Crippen LogP contribution in [0.2, 0.25) is 0 Å². The van der Waals surface area contributed by atoms with Crippen molar-refractivity contribution < 1.29 is 4.92 Å². The second-order valence-corrected chi connectivity index (χ2v) is 2.34. The number of thiazole rings is 1. The van der Waals surface area contributed by atoms with Crippen molar-refractivity contribution in [2.45, 2.75) is 0 Å². The third-order valence-corrected chi connectivity index (χ3v) is 1.60. The molecule has 50 valence electrons. The molecule has 0 bridgehead atoms. The van der Waals surface area contributed by atoms with Crippen molar-refractivity contribution in [3.63, 3.8) is 0 Å². The molecule has 10 heavy (non-hydrogen) atoms. The second kappa shape index (κ2) is 2.41. The molecule has 1 aromatic heterocycles. The Labute approximate surface area is 59.9 Å². The smallest absolute Gasteiger partial charge is 0.351 e. The van der Waals surface area contributed by atoms with Gasteiger partial charge in [0.1, 0.15) is 0 Å². The SMILES string of the molecule is [C-]#[N+]c1ncc([N+](=O)[O-])s1. The van der Waals surface area contributed by atoms with Gasteiger partial charge in [-0.1, -0.05) is 17.9 Å². The first-order valence-corrected chi connectivity index (χ1v) is 3.03. The highest BCUT2D eigenvalue weighted by atomic mass is 32.1. The Morgan fingerprint density at radius 3 is 2.90 bits per heavy atom. The van der Waals surface area contributed by atoms with Crippen LogP contribution in [0, 0.1) is 16.7 Å². The maximum Gasteiger partial charge on any atom is 0.356 e. The zero-order valence-corrected chi connectivity index (χ0v) is 5.46. The minimum absolute atomic E-state index is 0.0917. The average molecular weight is 155 g/mol. The summed E-state index contributed by atoms with van der Waals surface area (Å²) < 4.78 is 0. The van der Waals surface area contributed by atoms with Gasteiger partial charge in [0.2, 0.25) is 6.20 Å². The van der Waals surface area contributed by atoms with Crippen molar-refractivity contribution in [1.82, 2.24) is 4.98 Å². The normalized spacial score (nSPS) is 8.70. The fourth-order valence-corrected chi connectivity index (χ4v) is 0.911. The first-order chi connectivity index (χ1) is 4.74. The van der Waals surface area contributed by atoms with E-state index >= 15 is 0 Å². The van der Waals surface area contributed by atoms with E-state index in [1.807, 2.05) is 0 Å². The molecule has 0 unspecified atom stereocenters. The summed E-state index contributed by atoms with van der Waals surface area (Å²) in [7, 11) is 0. The van der Waals surface area contributed by atoms with Crippen LogP contribution in [0.4, 0.5) is 10.1 Å². The first-order valence-electron chi connectivity index (χ1n) is 2.21. The fourth-order valence-electron chi connectivity index (χ4n) is 0.393. The largest absolute Gasteiger partial charge is 0.356 e. The maximum atomic E-state index is 10.0. The van der Waals surface area contributed by atoms with Crippen molar-refractivity contribution in [3.05, 3.63) is 27.7 Å². The highest BCUT2D eigenvalue weighted by Gasteiger charge is 2.11. The highest BCUT2D eigenvalue weighted by Crippen LogP contribution is 2.26. The molecule has 0 radical (unpaired) electrons. The van der Waals surface area contributed by atoms with E-state index in [9.17, 15) is 10.1 Å². The minimum atomic E-state index is -0.563. The standard InChI is InChI=1S/C4HN3O2S/c1-5-4-6-2-3(10-4)7(8)9/h2H. The van der Waals surface area contributed by atoms with Gasteiger partial charge in [-0.3, -0.25) is 10.1 Å². The predicted octanol–water partition coefficient (Wildman–Crippen LogP) is 1.60. The van der Waals surface area contributed by atoms with Crippen LogP contribution in [-0.4, -0.2) is 9.91 Å². The molecular formula is C4HN3O2S. The van der Waals surface area contributed by atoms with E-state index in [1.54, 1.807) is 0 Å². The van der Waals surface area contributed by atoms with Gasteiger partial charge >= 0.3 is 10.1 Å². The third kappa shape index (κ3) is 1.09. The maximum absolute atomic E-state index is 10.0. The Kier molecular flexibility index (Phi) is 1.60. The molecule has 1 aromatic rings. The lowest BCUT2D eigenvalue weighted by atomic mass is 10.9. The van der Waals surface area contributed by atoms with E-state index < -0.39 is 4.92 Å². The molecule has 5 nitrogen and oxygen atoms in total. The molecule has 1 rings (SSSR count). The van der Waals surface area contributed by atoms with Crippen molar-refractivity contribution in [1.29, 1.82) is 0 Å². The molecule has 0 N–H and O–H groups in total. The number of aromatic nitrogens is 1. The van der Waals surface area contributed by atoms with Gasteiger partial charge in [0, 0.05) is 0 Å². The zero-order chi connectivity index (χ0) is 7.56. The van der Waals surface area contributed by atoms with Crippen molar-refractivity contribution >= 4 is 21.5 Å². The summed E-state index contributed by atoms with van der Waals surface area (Å²) in [6, 6.07) is 0. The number of nitro groups is 1. The average Bonchev–Trinajstić information content (AvgIpc) is 2.34. The van der Waals surface area contributed by atoms with Gasteiger partial charge in [-0.05, 0) is 0 Å². The quantitative estimate of drug-likeness (QED) is 0.351. The van der Waals surface area contributed by atoms with E-state index in [0.717, 1.165) is 17.5 Å². The van der Waals surface area contributed by atoms with E-state index in [-0.39, 0.29) is 10.1 Å². The predicted molar refractivity (Wildman–Crippen MR) is 35.0 cm³/mol. The van der Waals surface area contributed by atoms with E-state index in [4.69, 9.17) is 6.57 Å². The summed E-state index contributed by atoms with van der Waals surface area (Å²) in [4.78, 5) is 15.8. The molecule has 0 saturated heterocycles. The van der Waals surface area contributed by atoms with E-state index in [1.165, 1.54) is 0 Å². The molecule has 0 spiro atoms. The zero-order valence-electron chi connectivity index (χ0n) is 4.64. The van der Waals surface area contributed by atoms with Crippen LogP contribution < -0.4 is 0 Å². The van der Waals surface area contributed by atoms with Gasteiger partial charge in [0.15, 0.2) is 0 Å². The number of hydrogen-bond donors (Lipinski definition) is 0. The topological polar surface area (TPSA) is 60.4 Å². The van der Waals surface area contributed by atoms with Crippen molar-refractivity contribution in [2.75, 3.05) is 0 Å². The van der Waals surface area contributed by atoms with E-state index in [2.05, 4.69) is 9.83 Å². The first kappa shape index (κ1) is 6.64. The van der Waals surface area contributed by atoms with E-state index in [0.29, 0.717) is 0 Å². The molecule has 0 saturated carbocycles. The third-order valence-electron chi connectivity index (χ3n) is 0.757. The molecule has 0 aromatic carbocycles. The van der Waals surface area contributed by atoms with Crippen molar-refractivity contribution in [3.8, 4) is 0 Å². The van der Waals surface area contributed by atoms with Gasteiger partial charge < -0.3 is 4.85 Å². The monoisotopic (exact) mass is 155 g/mol. The molecule has 0 atom stereocenters. The lowest BCUT2D eigenvalue weighted by Crippen LogP contribution is -1.80. The van der Waals surface area contributed by atoms with Crippen LogP contribution in [0.5, 0.6) is 0 Å². The fraction of sp³-hybridized carbons (Fsp3) is 0. The molecule has 0 aliphatic carbocycles. The van der Waals surface area contributed by atoms with Gasteiger partial charge in [-0.15, -0.1) is 4.98 Å². The molecular weight excluding hydrogens is 154 g/mol. The molecule has 6 heteroatoms. The molecule has 0 amide bonds. The van der Waals surface area contributed by atoms with Gasteiger partial charge in [-0.2, -0.15) is 0 Å². The van der Waals surface area contributed by atoms with Gasteiger partial charge in [-0.25, -0.2) is 0 Å². The highest BCUT2D eigenvalue weighted by molar-refractivity contribution is 7.18. The Morgan fingerprint density at radius 2 is 2.60 bits per heavy atom. The summed E-state index contributed by atoms with van der Waals surface area (Å²) in [6.45, 7) is 6.45. The van der Waals surface area contributed by atoms with Crippen LogP contribution in [0.3, 0.4) is 0 Å². The Bertz CT molecular complexity index is 300. The number of hydrogen-bond acceptors (Lipinski definition) is 4. The lowest BCUT2D eigenvalue weighted by molar-refractivity contribution is -0.380. The van der Waals surface area contributed by atoms with Crippen molar-refractivity contribution in [2.24, 2.45) is 0 Å². The van der Waals surface area contributed by atoms with Crippen LogP contribution in [0.15, 0.2) is 6.20 Å². The molecule has 0 aliphatic heterocycles. The summed E-state index contributed by atoms with van der Waals surface area (Å²) >= 11 is 0.777. The molecule has 1 heterocycles. The summed E-state index contributed by atoms with van der Waals surface area (Å²) in [5, 5.41) is 10.0. The van der Waals surface area contributed by atoms with Crippen LogP contribution >= 0.6 is 11.3 Å². The number of nitrogens with zero attached hydrogens (tertiary/aromatic N) is 3. The van der Waals surface area contributed by atoms with Crippen LogP contribution in [0.1, 0.15) is 0 Å². The Hall–Kier alpha value is -1.48. The van der Waals surface area contributed by atoms with Crippen LogP contribution in [0.25, 0.3) is 4.85 Å². The molecule has 0 fully saturated rings. The van der Waals surface area contributed by atoms with Gasteiger partial charge in [0.05, 0.1) is 4.92 Å². The lowest BCUT2D eigenvalue weighted by Gasteiger charge is -1.76. The Balaban J connectivity index is 3.02. The molecule has 0 aliphatic rings. The summed E-state index contributed by atoms with van der Waals surface area (Å²) in [5.41, 5.74) is 0. The summed E-state index contributed by atoms with van der Waals surface area (Å²) in [6.07, 6.45) is 1.08. The van der Waals surface area contributed by atoms with Crippen LogP contribution in [-0.2, 0) is 0 Å². The summed E-state index contributed by atoms with van der Waals surface area (Å²) in [5.74, 6) is 0.